The molecule has 0 bridgehead atoms. The van der Waals surface area contributed by atoms with Gasteiger partial charge >= 0.3 is 12.1 Å². The van der Waals surface area contributed by atoms with Crippen LogP contribution in [0.4, 0.5) is 19.0 Å². The molecule has 1 aromatic heterocycles. The van der Waals surface area contributed by atoms with Crippen LogP contribution in [0.1, 0.15) is 37.4 Å². The normalized spacial score (nSPS) is 14.4. The van der Waals surface area contributed by atoms with E-state index in [0.29, 0.717) is 0 Å². The second kappa shape index (κ2) is 9.43. The van der Waals surface area contributed by atoms with Gasteiger partial charge in [0.15, 0.2) is 0 Å². The first kappa shape index (κ1) is 20.8. The van der Waals surface area contributed by atoms with E-state index in [9.17, 15) is 13.2 Å². The van der Waals surface area contributed by atoms with Gasteiger partial charge < -0.3 is 10.0 Å². The molecule has 0 aliphatic carbocycles. The molecule has 3 rings (SSSR count). The summed E-state index contributed by atoms with van der Waals surface area (Å²) in [7, 11) is 0. The molecule has 2 heterocycles. The quantitative estimate of drug-likeness (QED) is 0.863. The molecule has 1 fully saturated rings. The zero-order valence-electron chi connectivity index (χ0n) is 15.2. The molecule has 0 saturated carbocycles. The molecule has 0 atom stereocenters. The highest BCUT2D eigenvalue weighted by Crippen LogP contribution is 2.22. The highest BCUT2D eigenvalue weighted by molar-refractivity contribution is 5.73. The van der Waals surface area contributed by atoms with Gasteiger partial charge in [-0.15, -0.1) is 0 Å². The minimum Gasteiger partial charge on any atom is -0.475 e. The van der Waals surface area contributed by atoms with Gasteiger partial charge in [0.05, 0.1) is 5.69 Å². The predicted molar refractivity (Wildman–Crippen MR) is 96.9 cm³/mol. The van der Waals surface area contributed by atoms with Crippen molar-refractivity contribution in [3.8, 4) is 0 Å². The van der Waals surface area contributed by atoms with Gasteiger partial charge in [0, 0.05) is 32.1 Å². The van der Waals surface area contributed by atoms with Crippen LogP contribution in [0.3, 0.4) is 0 Å². The Bertz CT molecular complexity index is 724. The second-order valence-corrected chi connectivity index (χ2v) is 6.32. The van der Waals surface area contributed by atoms with E-state index in [1.165, 1.54) is 49.4 Å². The number of aromatic nitrogens is 2. The number of carboxylic acid groups (broad SMARTS) is 1. The number of halogens is 3. The minimum absolute atomic E-state index is 0.925. The van der Waals surface area contributed by atoms with Crippen molar-refractivity contribution in [3.63, 3.8) is 0 Å². The van der Waals surface area contributed by atoms with Crippen LogP contribution in [0.2, 0.25) is 0 Å². The average Bonchev–Trinajstić information content (AvgIpc) is 3.06. The first-order valence-electron chi connectivity index (χ1n) is 8.97. The lowest BCUT2D eigenvalue weighted by Gasteiger charge is -2.28. The molecule has 1 aliphatic rings. The number of rotatable bonds is 4. The first-order valence-corrected chi connectivity index (χ1v) is 8.97. The molecule has 148 valence electrons. The molecule has 27 heavy (non-hydrogen) atoms. The fourth-order valence-electron chi connectivity index (χ4n) is 2.96. The number of aryl methyl sites for hydroxylation is 1. The van der Waals surface area contributed by atoms with Gasteiger partial charge in [-0.2, -0.15) is 18.3 Å². The summed E-state index contributed by atoms with van der Waals surface area (Å²) in [6.45, 7) is 5.47. The Balaban J connectivity index is 0.000000321. The van der Waals surface area contributed by atoms with E-state index in [-0.39, 0.29) is 0 Å². The number of alkyl halides is 3. The third-order valence-electron chi connectivity index (χ3n) is 4.26. The van der Waals surface area contributed by atoms with E-state index in [1.807, 2.05) is 0 Å². The molecule has 2 aromatic rings. The van der Waals surface area contributed by atoms with Crippen LogP contribution in [0.5, 0.6) is 0 Å². The number of nitrogens with zero attached hydrogens (tertiary/aromatic N) is 3. The van der Waals surface area contributed by atoms with Crippen molar-refractivity contribution < 1.29 is 23.1 Å². The van der Waals surface area contributed by atoms with Gasteiger partial charge in [-0.05, 0) is 31.7 Å². The lowest BCUT2D eigenvalue weighted by atomic mass is 10.1. The van der Waals surface area contributed by atoms with Crippen LogP contribution in [-0.2, 0) is 17.8 Å². The molecule has 0 spiro atoms. The molecule has 5 nitrogen and oxygen atoms in total. The van der Waals surface area contributed by atoms with Crippen molar-refractivity contribution in [2.24, 2.45) is 0 Å². The minimum atomic E-state index is -5.08. The molecule has 1 aromatic carbocycles. The van der Waals surface area contributed by atoms with E-state index in [0.717, 1.165) is 13.0 Å². The standard InChI is InChI=1S/C17H23N3.C2HF3O2/c1-2-20-17(19-11-7-4-8-12-19)14-16(18-20)13-15-9-5-3-6-10-15;3-2(4,5)1(6)7/h3,5-6,9-10,14H,2,4,7-8,11-13H2,1H3;(H,6,7). The van der Waals surface area contributed by atoms with Gasteiger partial charge in [-0.3, -0.25) is 0 Å². The van der Waals surface area contributed by atoms with Crippen LogP contribution in [0.25, 0.3) is 0 Å². The van der Waals surface area contributed by atoms with Crippen molar-refractivity contribution in [3.05, 3.63) is 47.7 Å². The van der Waals surface area contributed by atoms with Gasteiger partial charge in [0.2, 0.25) is 0 Å². The monoisotopic (exact) mass is 383 g/mol. The van der Waals surface area contributed by atoms with Gasteiger partial charge in [-0.25, -0.2) is 9.48 Å². The number of aliphatic carboxylic acids is 1. The summed E-state index contributed by atoms with van der Waals surface area (Å²) in [6.07, 6.45) is -0.172. The van der Waals surface area contributed by atoms with Crippen LogP contribution in [0.15, 0.2) is 36.4 Å². The lowest BCUT2D eigenvalue weighted by Crippen LogP contribution is -2.31. The van der Waals surface area contributed by atoms with Crippen molar-refractivity contribution >= 4 is 11.8 Å². The number of hydrogen-bond acceptors (Lipinski definition) is 3. The third kappa shape index (κ3) is 6.30. The average molecular weight is 383 g/mol. The Labute approximate surface area is 156 Å². The Morgan fingerprint density at radius 3 is 2.26 bits per heavy atom. The third-order valence-corrected chi connectivity index (χ3v) is 4.26. The maximum absolute atomic E-state index is 10.6. The molecule has 1 N–H and O–H groups in total. The zero-order valence-corrected chi connectivity index (χ0v) is 15.2. The Kier molecular flexibility index (Phi) is 7.27. The van der Waals surface area contributed by atoms with Gasteiger partial charge in [0.25, 0.3) is 0 Å². The zero-order chi connectivity index (χ0) is 19.9. The Morgan fingerprint density at radius 1 is 1.15 bits per heavy atom. The Hall–Kier alpha value is -2.51. The summed E-state index contributed by atoms with van der Waals surface area (Å²) >= 11 is 0. The van der Waals surface area contributed by atoms with Crippen LogP contribution < -0.4 is 4.90 Å². The fourth-order valence-corrected chi connectivity index (χ4v) is 2.96. The number of hydrogen-bond donors (Lipinski definition) is 1. The highest BCUT2D eigenvalue weighted by Gasteiger charge is 2.38. The second-order valence-electron chi connectivity index (χ2n) is 6.32. The molecular weight excluding hydrogens is 359 g/mol. The topological polar surface area (TPSA) is 58.4 Å². The summed E-state index contributed by atoms with van der Waals surface area (Å²) in [5, 5.41) is 11.9. The Morgan fingerprint density at radius 2 is 1.74 bits per heavy atom. The molecule has 0 amide bonds. The number of carboxylic acids is 1. The van der Waals surface area contributed by atoms with Gasteiger partial charge in [0.1, 0.15) is 5.82 Å². The summed E-state index contributed by atoms with van der Waals surface area (Å²) in [5.41, 5.74) is 2.51. The SMILES string of the molecule is CCn1nc(Cc2ccccc2)cc1N1CCCCC1.O=C(O)C(F)(F)F. The largest absolute Gasteiger partial charge is 0.490 e. The van der Waals surface area contributed by atoms with E-state index in [2.05, 4.69) is 52.9 Å². The molecule has 1 saturated heterocycles. The molecule has 8 heteroatoms. The van der Waals surface area contributed by atoms with Crippen molar-refractivity contribution in [2.45, 2.75) is 45.3 Å². The summed E-state index contributed by atoms with van der Waals surface area (Å²) in [6, 6.07) is 12.9. The van der Waals surface area contributed by atoms with E-state index < -0.39 is 12.1 Å². The molecular formula is C19H24F3N3O2. The number of benzene rings is 1. The predicted octanol–water partition coefficient (Wildman–Crippen LogP) is 4.12. The molecule has 1 aliphatic heterocycles. The van der Waals surface area contributed by atoms with Crippen molar-refractivity contribution in [2.75, 3.05) is 18.0 Å². The number of anilines is 1. The number of carbonyl (C=O) groups is 1. The maximum Gasteiger partial charge on any atom is 0.490 e. The van der Waals surface area contributed by atoms with Crippen LogP contribution in [0, 0.1) is 0 Å². The van der Waals surface area contributed by atoms with Crippen LogP contribution >= 0.6 is 0 Å². The molecule has 0 unspecified atom stereocenters. The molecule has 0 radical (unpaired) electrons. The highest BCUT2D eigenvalue weighted by atomic mass is 19.4. The first-order chi connectivity index (χ1) is 12.8. The number of piperidine rings is 1. The van der Waals surface area contributed by atoms with E-state index in [4.69, 9.17) is 15.0 Å². The maximum atomic E-state index is 10.6. The van der Waals surface area contributed by atoms with Crippen molar-refractivity contribution in [1.29, 1.82) is 0 Å². The lowest BCUT2D eigenvalue weighted by molar-refractivity contribution is -0.192. The fraction of sp³-hybridized carbons (Fsp3) is 0.474. The summed E-state index contributed by atoms with van der Waals surface area (Å²) < 4.78 is 33.9. The van der Waals surface area contributed by atoms with Crippen molar-refractivity contribution in [1.82, 2.24) is 9.78 Å². The van der Waals surface area contributed by atoms with E-state index in [1.54, 1.807) is 0 Å². The summed E-state index contributed by atoms with van der Waals surface area (Å²) in [5.74, 6) is -1.45. The summed E-state index contributed by atoms with van der Waals surface area (Å²) in [4.78, 5) is 11.4. The van der Waals surface area contributed by atoms with Crippen LogP contribution in [-0.4, -0.2) is 40.1 Å². The smallest absolute Gasteiger partial charge is 0.475 e. The van der Waals surface area contributed by atoms with Gasteiger partial charge in [-0.1, -0.05) is 30.3 Å². The van der Waals surface area contributed by atoms with E-state index >= 15 is 0 Å².